The van der Waals surface area contributed by atoms with E-state index in [2.05, 4.69) is 19.9 Å². The number of fused-ring (bicyclic) bond motifs is 1. The number of imidazole rings is 1. The molecule has 0 aromatic carbocycles. The Morgan fingerprint density at radius 3 is 2.71 bits per heavy atom. The highest BCUT2D eigenvalue weighted by atomic mass is 16.7. The third-order valence-electron chi connectivity index (χ3n) is 2.13. The Morgan fingerprint density at radius 1 is 1.24 bits per heavy atom. The van der Waals surface area contributed by atoms with Gasteiger partial charge in [0.05, 0.1) is 6.61 Å². The summed E-state index contributed by atoms with van der Waals surface area (Å²) < 4.78 is 0. The summed E-state index contributed by atoms with van der Waals surface area (Å²) in [5, 5.41) is 1.63. The van der Waals surface area contributed by atoms with Crippen molar-refractivity contribution in [3.8, 4) is 0 Å². The molecule has 5 N–H and O–H groups in total. The van der Waals surface area contributed by atoms with E-state index < -0.39 is 0 Å². The molecule has 2 aromatic heterocycles. The maximum atomic E-state index is 5.71. The predicted molar refractivity (Wildman–Crippen MR) is 63.9 cm³/mol. The van der Waals surface area contributed by atoms with Gasteiger partial charge in [0.25, 0.3) is 0 Å². The van der Waals surface area contributed by atoms with Crippen LogP contribution in [0.5, 0.6) is 0 Å². The van der Waals surface area contributed by atoms with Gasteiger partial charge < -0.3 is 16.5 Å². The first-order valence-electron chi connectivity index (χ1n) is 5.14. The Balaban J connectivity index is 2.17. The Kier molecular flexibility index (Phi) is 3.07. The quantitative estimate of drug-likeness (QED) is 0.616. The molecule has 0 fully saturated rings. The lowest BCUT2D eigenvalue weighted by Gasteiger charge is -2.08. The second-order valence-electron chi connectivity index (χ2n) is 3.74. The molecule has 0 saturated carbocycles. The molecule has 0 amide bonds. The van der Waals surface area contributed by atoms with Gasteiger partial charge in [-0.2, -0.15) is 15.0 Å². The molecule has 0 bridgehead atoms. The molecule has 17 heavy (non-hydrogen) atoms. The van der Waals surface area contributed by atoms with Crippen LogP contribution in [0.15, 0.2) is 0 Å². The van der Waals surface area contributed by atoms with E-state index in [4.69, 9.17) is 16.3 Å². The number of anilines is 2. The third-order valence-corrected chi connectivity index (χ3v) is 2.13. The fourth-order valence-electron chi connectivity index (χ4n) is 1.43. The molecule has 92 valence electrons. The fourth-order valence-corrected chi connectivity index (χ4v) is 1.43. The molecule has 8 heteroatoms. The molecule has 0 atom stereocenters. The molecule has 0 radical (unpaired) electrons. The van der Waals surface area contributed by atoms with E-state index >= 15 is 0 Å². The number of hydrogen-bond donors (Lipinski definition) is 3. The molecule has 2 aromatic rings. The number of nitrogens with one attached hydrogen (secondary N) is 1. The average molecular weight is 237 g/mol. The summed E-state index contributed by atoms with van der Waals surface area (Å²) in [4.78, 5) is 20.4. The molecule has 0 aliphatic heterocycles. The van der Waals surface area contributed by atoms with Crippen molar-refractivity contribution in [3.05, 3.63) is 5.82 Å². The topological polar surface area (TPSA) is 119 Å². The van der Waals surface area contributed by atoms with Gasteiger partial charge in [-0.15, -0.1) is 0 Å². The van der Waals surface area contributed by atoms with Crippen LogP contribution >= 0.6 is 0 Å². The minimum Gasteiger partial charge on any atom is -0.382 e. The summed E-state index contributed by atoms with van der Waals surface area (Å²) in [6.45, 7) is 0.523. The van der Waals surface area contributed by atoms with Crippen LogP contribution in [0.2, 0.25) is 0 Å². The van der Waals surface area contributed by atoms with E-state index in [9.17, 15) is 0 Å². The Hall–Kier alpha value is -1.93. The number of aromatic amines is 1. The smallest absolute Gasteiger partial charge is 0.224 e. The minimum absolute atomic E-state index is 0.123. The Morgan fingerprint density at radius 2 is 2.00 bits per heavy atom. The second-order valence-corrected chi connectivity index (χ2v) is 3.74. The van der Waals surface area contributed by atoms with Crippen molar-refractivity contribution in [2.45, 2.75) is 6.42 Å². The molecule has 0 unspecified atom stereocenters. The zero-order valence-corrected chi connectivity index (χ0v) is 9.77. The number of H-pyrrole nitrogens is 1. The first-order chi connectivity index (χ1) is 8.06. The fraction of sp³-hybridized carbons (Fsp3) is 0.444. The van der Waals surface area contributed by atoms with Crippen molar-refractivity contribution < 1.29 is 4.84 Å². The lowest BCUT2D eigenvalue weighted by atomic mass is 10.4. The molecule has 8 nitrogen and oxygen atoms in total. The van der Waals surface area contributed by atoms with Gasteiger partial charge in [0, 0.05) is 20.5 Å². The van der Waals surface area contributed by atoms with Crippen LogP contribution in [0.25, 0.3) is 11.2 Å². The average Bonchev–Trinajstić information content (AvgIpc) is 2.60. The number of hydroxylamine groups is 2. The van der Waals surface area contributed by atoms with Gasteiger partial charge in [0.2, 0.25) is 5.95 Å². The highest BCUT2D eigenvalue weighted by Gasteiger charge is 2.09. The maximum absolute atomic E-state index is 5.71. The van der Waals surface area contributed by atoms with Crippen LogP contribution in [0.4, 0.5) is 11.8 Å². The molecule has 2 heterocycles. The van der Waals surface area contributed by atoms with Crippen molar-refractivity contribution in [1.82, 2.24) is 25.0 Å². The van der Waals surface area contributed by atoms with E-state index in [0.29, 0.717) is 30.0 Å². The number of aromatic nitrogens is 4. The summed E-state index contributed by atoms with van der Waals surface area (Å²) in [5.41, 5.74) is 12.3. The summed E-state index contributed by atoms with van der Waals surface area (Å²) in [5.74, 6) is 1.17. The lowest BCUT2D eigenvalue weighted by molar-refractivity contribution is -0.118. The summed E-state index contributed by atoms with van der Waals surface area (Å²) in [6, 6.07) is 0. The molecular formula is C9H15N7O. The zero-order chi connectivity index (χ0) is 12.4. The molecular weight excluding hydrogens is 222 g/mol. The zero-order valence-electron chi connectivity index (χ0n) is 9.77. The van der Waals surface area contributed by atoms with Crippen molar-refractivity contribution >= 4 is 22.9 Å². The predicted octanol–water partition coefficient (Wildman–Crippen LogP) is -0.447. The van der Waals surface area contributed by atoms with Crippen LogP contribution in [0, 0.1) is 0 Å². The van der Waals surface area contributed by atoms with Crippen molar-refractivity contribution in [1.29, 1.82) is 0 Å². The van der Waals surface area contributed by atoms with Crippen LogP contribution < -0.4 is 11.5 Å². The van der Waals surface area contributed by atoms with E-state index in [1.807, 2.05) is 14.1 Å². The SMILES string of the molecule is CN(C)OCCc1nc2nc(N)nc(N)c2[nH]1. The lowest BCUT2D eigenvalue weighted by Crippen LogP contribution is -2.14. The van der Waals surface area contributed by atoms with Crippen LogP contribution in [-0.2, 0) is 11.3 Å². The number of hydrogen-bond acceptors (Lipinski definition) is 7. The number of nitrogens with two attached hydrogens (primary N) is 2. The largest absolute Gasteiger partial charge is 0.382 e. The molecule has 0 saturated heterocycles. The molecule has 0 spiro atoms. The molecule has 0 aliphatic rings. The first kappa shape index (κ1) is 11.6. The summed E-state index contributed by atoms with van der Waals surface area (Å²) in [7, 11) is 3.64. The normalized spacial score (nSPS) is 11.5. The van der Waals surface area contributed by atoms with Crippen LogP contribution in [0.1, 0.15) is 5.82 Å². The summed E-state index contributed by atoms with van der Waals surface area (Å²) in [6.07, 6.45) is 0.633. The number of rotatable bonds is 4. The minimum atomic E-state index is 0.123. The van der Waals surface area contributed by atoms with E-state index in [1.54, 1.807) is 5.06 Å². The van der Waals surface area contributed by atoms with Gasteiger partial charge in [-0.05, 0) is 0 Å². The van der Waals surface area contributed by atoms with Crippen LogP contribution in [0.3, 0.4) is 0 Å². The van der Waals surface area contributed by atoms with Crippen LogP contribution in [-0.4, -0.2) is 45.7 Å². The van der Waals surface area contributed by atoms with Gasteiger partial charge in [0.1, 0.15) is 11.3 Å². The van der Waals surface area contributed by atoms with E-state index in [-0.39, 0.29) is 5.95 Å². The van der Waals surface area contributed by atoms with Crippen molar-refractivity contribution in [3.63, 3.8) is 0 Å². The Bertz CT molecular complexity index is 521. The maximum Gasteiger partial charge on any atom is 0.224 e. The van der Waals surface area contributed by atoms with Crippen molar-refractivity contribution in [2.75, 3.05) is 32.2 Å². The van der Waals surface area contributed by atoms with Gasteiger partial charge >= 0.3 is 0 Å². The third kappa shape index (κ3) is 2.60. The highest BCUT2D eigenvalue weighted by molar-refractivity contribution is 5.82. The summed E-state index contributed by atoms with van der Waals surface area (Å²) >= 11 is 0. The van der Waals surface area contributed by atoms with Gasteiger partial charge in [-0.3, -0.25) is 4.84 Å². The van der Waals surface area contributed by atoms with Crippen molar-refractivity contribution in [2.24, 2.45) is 0 Å². The molecule has 0 aliphatic carbocycles. The van der Waals surface area contributed by atoms with E-state index in [1.165, 1.54) is 0 Å². The number of nitrogens with zero attached hydrogens (tertiary/aromatic N) is 4. The highest BCUT2D eigenvalue weighted by Crippen LogP contribution is 2.15. The monoisotopic (exact) mass is 237 g/mol. The Labute approximate surface area is 97.9 Å². The first-order valence-corrected chi connectivity index (χ1v) is 5.14. The standard InChI is InChI=1S/C9H15N7O/c1-16(2)17-4-3-5-12-6-7(10)14-9(11)15-8(6)13-5/h3-4H2,1-2H3,(H5,10,11,12,13,14,15). The van der Waals surface area contributed by atoms with Gasteiger partial charge in [-0.1, -0.05) is 0 Å². The van der Waals surface area contributed by atoms with Gasteiger partial charge in [-0.25, -0.2) is 4.98 Å². The van der Waals surface area contributed by atoms with E-state index in [0.717, 1.165) is 5.82 Å². The second kappa shape index (κ2) is 4.52. The number of nitrogen functional groups attached to an aromatic ring is 2. The van der Waals surface area contributed by atoms with Gasteiger partial charge in [0.15, 0.2) is 11.5 Å². The molecule has 2 rings (SSSR count).